The lowest BCUT2D eigenvalue weighted by Crippen LogP contribution is -2.60. The number of nitrogens with one attached hydrogen (secondary N) is 2. The number of thiazole rings is 1. The number of fused-ring (bicyclic) bond motifs is 1. The van der Waals surface area contributed by atoms with E-state index in [4.69, 9.17) is 4.74 Å². The number of sulfonamides is 1. The van der Waals surface area contributed by atoms with Crippen LogP contribution in [0.3, 0.4) is 0 Å². The first-order valence-electron chi connectivity index (χ1n) is 14.9. The molecule has 14 heteroatoms. The van der Waals surface area contributed by atoms with E-state index in [0.717, 1.165) is 41.7 Å². The number of rotatable bonds is 11. The molecular formula is C31H36N6O6S2. The largest absolute Gasteiger partial charge is 0.461 e. The monoisotopic (exact) mass is 652 g/mol. The van der Waals surface area contributed by atoms with Crippen LogP contribution in [0.5, 0.6) is 0 Å². The van der Waals surface area contributed by atoms with Crippen molar-refractivity contribution in [3.63, 3.8) is 0 Å². The van der Waals surface area contributed by atoms with Gasteiger partial charge >= 0.3 is 5.97 Å². The maximum absolute atomic E-state index is 13.9. The molecule has 2 aromatic carbocycles. The number of carbonyl (C=O) groups is 2. The SMILES string of the molecule is CCCc1ccc(CNC(=O)[C@H]2CN(c3nc4c(C(=O)OCC)n[nH]c(=O)c4s3)CCN2S(=O)(=O)c2ccc(CC)cc2)cc1. The Hall–Kier alpha value is -4.14. The Bertz CT molecular complexity index is 1840. The van der Waals surface area contributed by atoms with Crippen LogP contribution in [0, 0.1) is 0 Å². The molecule has 0 bridgehead atoms. The third-order valence-corrected chi connectivity index (χ3v) is 10.7. The number of ether oxygens (including phenoxy) is 1. The van der Waals surface area contributed by atoms with Crippen molar-refractivity contribution in [1.29, 1.82) is 0 Å². The lowest BCUT2D eigenvalue weighted by Gasteiger charge is -2.39. The van der Waals surface area contributed by atoms with Gasteiger partial charge in [-0.2, -0.15) is 9.40 Å². The minimum Gasteiger partial charge on any atom is -0.461 e. The maximum atomic E-state index is 13.9. The highest BCUT2D eigenvalue weighted by Crippen LogP contribution is 2.31. The van der Waals surface area contributed by atoms with Crippen molar-refractivity contribution in [2.24, 2.45) is 0 Å². The number of nitrogens with zero attached hydrogens (tertiary/aromatic N) is 4. The fourth-order valence-corrected chi connectivity index (χ4v) is 7.77. The van der Waals surface area contributed by atoms with Crippen LogP contribution < -0.4 is 15.8 Å². The zero-order valence-electron chi connectivity index (χ0n) is 25.4. The Morgan fingerprint density at radius 2 is 1.71 bits per heavy atom. The Morgan fingerprint density at radius 3 is 2.38 bits per heavy atom. The molecule has 5 rings (SSSR count). The fraction of sp³-hybridized carbons (Fsp3) is 0.387. The van der Waals surface area contributed by atoms with Crippen LogP contribution in [0.25, 0.3) is 10.2 Å². The molecule has 0 aliphatic carbocycles. The highest BCUT2D eigenvalue weighted by atomic mass is 32.2. The number of H-pyrrole nitrogens is 1. The number of hydrogen-bond acceptors (Lipinski definition) is 10. The molecule has 0 unspecified atom stereocenters. The van der Waals surface area contributed by atoms with E-state index >= 15 is 0 Å². The lowest BCUT2D eigenvalue weighted by atomic mass is 10.1. The molecule has 12 nitrogen and oxygen atoms in total. The number of aromatic amines is 1. The molecule has 45 heavy (non-hydrogen) atoms. The Morgan fingerprint density at radius 1 is 1.02 bits per heavy atom. The van der Waals surface area contributed by atoms with Crippen molar-refractivity contribution in [1.82, 2.24) is 24.8 Å². The normalized spacial score (nSPS) is 15.7. The van der Waals surface area contributed by atoms with Crippen molar-refractivity contribution in [3.8, 4) is 0 Å². The van der Waals surface area contributed by atoms with E-state index < -0.39 is 33.5 Å². The van der Waals surface area contributed by atoms with Gasteiger partial charge in [-0.15, -0.1) is 0 Å². The second-order valence-corrected chi connectivity index (χ2v) is 13.5. The number of benzene rings is 2. The van der Waals surface area contributed by atoms with Crippen LogP contribution in [-0.2, 0) is 38.9 Å². The van der Waals surface area contributed by atoms with Gasteiger partial charge in [-0.1, -0.05) is 68.0 Å². The van der Waals surface area contributed by atoms with Gasteiger partial charge < -0.3 is 15.0 Å². The zero-order valence-corrected chi connectivity index (χ0v) is 27.0. The highest BCUT2D eigenvalue weighted by molar-refractivity contribution is 7.89. The fourth-order valence-electron chi connectivity index (χ4n) is 5.20. The predicted molar refractivity (Wildman–Crippen MR) is 172 cm³/mol. The van der Waals surface area contributed by atoms with Gasteiger partial charge in [0.2, 0.25) is 15.9 Å². The number of piperazine rings is 1. The van der Waals surface area contributed by atoms with E-state index in [1.165, 1.54) is 9.87 Å². The summed E-state index contributed by atoms with van der Waals surface area (Å²) in [5, 5.41) is 9.45. The molecule has 0 saturated carbocycles. The first-order valence-corrected chi connectivity index (χ1v) is 17.2. The molecule has 1 saturated heterocycles. The molecule has 1 aliphatic rings. The summed E-state index contributed by atoms with van der Waals surface area (Å²) in [6, 6.07) is 13.5. The Kier molecular flexibility index (Phi) is 9.95. The van der Waals surface area contributed by atoms with Crippen molar-refractivity contribution >= 4 is 48.6 Å². The van der Waals surface area contributed by atoms with E-state index in [2.05, 4.69) is 27.4 Å². The average molecular weight is 653 g/mol. The third kappa shape index (κ3) is 6.92. The summed E-state index contributed by atoms with van der Waals surface area (Å²) in [5.74, 6) is -1.18. The van der Waals surface area contributed by atoms with Gasteiger partial charge in [0.05, 0.1) is 11.5 Å². The summed E-state index contributed by atoms with van der Waals surface area (Å²) in [4.78, 5) is 45.2. The van der Waals surface area contributed by atoms with Crippen LogP contribution >= 0.6 is 11.3 Å². The second-order valence-electron chi connectivity index (χ2n) is 10.7. The number of amides is 1. The van der Waals surface area contributed by atoms with E-state index in [9.17, 15) is 22.8 Å². The Balaban J connectivity index is 1.45. The molecule has 238 valence electrons. The van der Waals surface area contributed by atoms with E-state index in [1.807, 2.05) is 31.2 Å². The number of aromatic nitrogens is 3. The predicted octanol–water partition coefficient (Wildman–Crippen LogP) is 3.27. The van der Waals surface area contributed by atoms with Crippen LogP contribution in [0.1, 0.15) is 54.4 Å². The number of anilines is 1. The summed E-state index contributed by atoms with van der Waals surface area (Å²) in [6.07, 6.45) is 2.76. The zero-order chi connectivity index (χ0) is 32.1. The van der Waals surface area contributed by atoms with Gasteiger partial charge in [-0.3, -0.25) is 9.59 Å². The van der Waals surface area contributed by atoms with Gasteiger partial charge in [0.25, 0.3) is 5.56 Å². The lowest BCUT2D eigenvalue weighted by molar-refractivity contribution is -0.125. The second kappa shape index (κ2) is 13.9. The van der Waals surface area contributed by atoms with E-state index in [0.29, 0.717) is 5.13 Å². The van der Waals surface area contributed by atoms with Gasteiger partial charge in [0, 0.05) is 26.2 Å². The first-order chi connectivity index (χ1) is 21.7. The van der Waals surface area contributed by atoms with Crippen LogP contribution in [0.2, 0.25) is 0 Å². The smallest absolute Gasteiger partial charge is 0.361 e. The maximum Gasteiger partial charge on any atom is 0.361 e. The number of esters is 1. The third-order valence-electron chi connectivity index (χ3n) is 7.66. The topological polar surface area (TPSA) is 155 Å². The minimum absolute atomic E-state index is 0.00305. The van der Waals surface area contributed by atoms with Gasteiger partial charge in [0.15, 0.2) is 10.8 Å². The van der Waals surface area contributed by atoms with Crippen molar-refractivity contribution in [2.75, 3.05) is 31.1 Å². The summed E-state index contributed by atoms with van der Waals surface area (Å²) >= 11 is 1.04. The summed E-state index contributed by atoms with van der Waals surface area (Å²) in [5.41, 5.74) is 2.56. The average Bonchev–Trinajstić information content (AvgIpc) is 3.51. The van der Waals surface area contributed by atoms with Gasteiger partial charge in [0.1, 0.15) is 16.3 Å². The van der Waals surface area contributed by atoms with Crippen LogP contribution in [0.15, 0.2) is 58.2 Å². The summed E-state index contributed by atoms with van der Waals surface area (Å²) in [7, 11) is -4.03. The molecule has 3 heterocycles. The van der Waals surface area contributed by atoms with Crippen molar-refractivity contribution in [3.05, 3.63) is 81.3 Å². The van der Waals surface area contributed by atoms with Gasteiger partial charge in [-0.05, 0) is 48.6 Å². The summed E-state index contributed by atoms with van der Waals surface area (Å²) in [6.45, 7) is 6.29. The molecule has 2 aromatic heterocycles. The van der Waals surface area contributed by atoms with Crippen molar-refractivity contribution < 1.29 is 22.7 Å². The number of carbonyl (C=O) groups excluding carboxylic acids is 2. The van der Waals surface area contributed by atoms with Crippen molar-refractivity contribution in [2.45, 2.75) is 57.5 Å². The molecule has 2 N–H and O–H groups in total. The molecule has 1 amide bonds. The first kappa shape index (κ1) is 32.3. The highest BCUT2D eigenvalue weighted by Gasteiger charge is 2.41. The van der Waals surface area contributed by atoms with Gasteiger partial charge in [-0.25, -0.2) is 23.3 Å². The van der Waals surface area contributed by atoms with Crippen LogP contribution in [-0.4, -0.2) is 72.1 Å². The molecule has 1 aliphatic heterocycles. The number of aryl methyl sites for hydroxylation is 2. The molecule has 0 radical (unpaired) electrons. The number of hydrogen-bond donors (Lipinski definition) is 2. The van der Waals surface area contributed by atoms with Crippen LogP contribution in [0.4, 0.5) is 5.13 Å². The molecule has 0 spiro atoms. The molecule has 1 atom stereocenters. The minimum atomic E-state index is -4.03. The molecule has 4 aromatic rings. The quantitative estimate of drug-likeness (QED) is 0.232. The molecular weight excluding hydrogens is 617 g/mol. The van der Waals surface area contributed by atoms with E-state index in [-0.39, 0.29) is 53.6 Å². The molecule has 1 fully saturated rings. The standard InChI is InChI=1S/C31H36N6O6S2/c1-4-7-21-8-10-22(11-9-21)18-32-28(38)24-19-36(16-17-37(24)45(41,42)23-14-12-20(5-2)13-15-23)31-33-25-26(30(40)43-6-3)34-35-29(39)27(25)44-31/h8-15,24H,4-7,16-19H2,1-3H3,(H,32,38)(H,35,39)/t24-/m1/s1. The Labute approximate surface area is 265 Å². The summed E-state index contributed by atoms with van der Waals surface area (Å²) < 4.78 is 34.3. The van der Waals surface area contributed by atoms with E-state index in [1.54, 1.807) is 36.1 Å².